The van der Waals surface area contributed by atoms with Crippen LogP contribution in [-0.2, 0) is 11.2 Å². The Hall–Kier alpha value is -2.03. The number of carboxylic acids is 1. The molecular formula is C15H17NO2. The van der Waals surface area contributed by atoms with Crippen LogP contribution >= 0.6 is 0 Å². The fraction of sp³-hybridized carbons (Fsp3) is 0.267. The number of aromatic nitrogens is 1. The highest BCUT2D eigenvalue weighted by molar-refractivity contribution is 5.71. The van der Waals surface area contributed by atoms with E-state index in [4.69, 9.17) is 5.11 Å². The van der Waals surface area contributed by atoms with Gasteiger partial charge in [-0.25, -0.2) is 0 Å². The topological polar surface area (TPSA) is 42.2 Å². The van der Waals surface area contributed by atoms with E-state index < -0.39 is 5.97 Å². The van der Waals surface area contributed by atoms with Crippen molar-refractivity contribution in [3.8, 4) is 5.69 Å². The molecule has 0 amide bonds. The van der Waals surface area contributed by atoms with Crippen LogP contribution in [0.1, 0.15) is 22.5 Å². The number of hydrogen-bond donors (Lipinski definition) is 1. The lowest BCUT2D eigenvalue weighted by molar-refractivity contribution is -0.136. The maximum absolute atomic E-state index is 10.8. The first-order chi connectivity index (χ1) is 8.49. The van der Waals surface area contributed by atoms with Gasteiger partial charge in [-0.3, -0.25) is 4.79 Å². The number of carbonyl (C=O) groups is 1. The molecule has 2 rings (SSSR count). The Morgan fingerprint density at radius 3 is 2.56 bits per heavy atom. The summed E-state index contributed by atoms with van der Waals surface area (Å²) in [7, 11) is 0. The van der Waals surface area contributed by atoms with Crippen LogP contribution in [-0.4, -0.2) is 15.6 Å². The van der Waals surface area contributed by atoms with Crippen molar-refractivity contribution in [1.29, 1.82) is 0 Å². The van der Waals surface area contributed by atoms with Crippen molar-refractivity contribution in [2.24, 2.45) is 0 Å². The molecule has 1 aromatic carbocycles. The fourth-order valence-electron chi connectivity index (χ4n) is 2.34. The van der Waals surface area contributed by atoms with Crippen LogP contribution < -0.4 is 0 Å². The molecule has 0 atom stereocenters. The molecule has 94 valence electrons. The molecule has 1 aromatic heterocycles. The molecule has 0 unspecified atom stereocenters. The van der Waals surface area contributed by atoms with E-state index in [9.17, 15) is 4.79 Å². The number of aliphatic carboxylic acids is 1. The Labute approximate surface area is 107 Å². The molecule has 0 saturated carbocycles. The van der Waals surface area contributed by atoms with Crippen LogP contribution in [0.4, 0.5) is 0 Å². The summed E-state index contributed by atoms with van der Waals surface area (Å²) >= 11 is 0. The van der Waals surface area contributed by atoms with Gasteiger partial charge in [0.1, 0.15) is 0 Å². The highest BCUT2D eigenvalue weighted by Gasteiger charge is 2.12. The Bertz CT molecular complexity index is 597. The molecule has 3 heteroatoms. The van der Waals surface area contributed by atoms with Crippen molar-refractivity contribution >= 4 is 5.97 Å². The van der Waals surface area contributed by atoms with Crippen LogP contribution in [0.3, 0.4) is 0 Å². The standard InChI is InChI=1S/C15H17NO2/c1-10-5-4-6-14(7-10)16-11(2)8-13(12(16)3)9-15(17)18/h4-8H,9H2,1-3H3,(H,17,18). The van der Waals surface area contributed by atoms with E-state index in [2.05, 4.69) is 23.6 Å². The van der Waals surface area contributed by atoms with Crippen molar-refractivity contribution < 1.29 is 9.90 Å². The zero-order valence-corrected chi connectivity index (χ0v) is 10.9. The largest absolute Gasteiger partial charge is 0.481 e. The minimum absolute atomic E-state index is 0.0749. The second-order valence-electron chi connectivity index (χ2n) is 4.64. The number of aryl methyl sites for hydroxylation is 2. The minimum atomic E-state index is -0.792. The van der Waals surface area contributed by atoms with Crippen LogP contribution in [0, 0.1) is 20.8 Å². The number of benzene rings is 1. The molecule has 0 spiro atoms. The van der Waals surface area contributed by atoms with E-state index in [1.165, 1.54) is 5.56 Å². The Morgan fingerprint density at radius 2 is 1.94 bits per heavy atom. The molecule has 0 aliphatic heterocycles. The van der Waals surface area contributed by atoms with Crippen LogP contribution in [0.2, 0.25) is 0 Å². The van der Waals surface area contributed by atoms with Crippen molar-refractivity contribution in [2.75, 3.05) is 0 Å². The molecule has 0 aliphatic rings. The zero-order chi connectivity index (χ0) is 13.3. The van der Waals surface area contributed by atoms with Gasteiger partial charge in [0.15, 0.2) is 0 Å². The summed E-state index contributed by atoms with van der Waals surface area (Å²) in [4.78, 5) is 10.8. The van der Waals surface area contributed by atoms with Gasteiger partial charge in [-0.05, 0) is 50.1 Å². The van der Waals surface area contributed by atoms with Crippen molar-refractivity contribution in [3.63, 3.8) is 0 Å². The van der Waals surface area contributed by atoms with E-state index >= 15 is 0 Å². The third-order valence-corrected chi connectivity index (χ3v) is 3.14. The van der Waals surface area contributed by atoms with Crippen molar-refractivity contribution in [2.45, 2.75) is 27.2 Å². The van der Waals surface area contributed by atoms with Gasteiger partial charge in [-0.2, -0.15) is 0 Å². The summed E-state index contributed by atoms with van der Waals surface area (Å²) in [6.45, 7) is 6.02. The molecule has 18 heavy (non-hydrogen) atoms. The lowest BCUT2D eigenvalue weighted by atomic mass is 10.2. The highest BCUT2D eigenvalue weighted by atomic mass is 16.4. The molecule has 0 radical (unpaired) electrons. The SMILES string of the molecule is Cc1cccc(-n2c(C)cc(CC(=O)O)c2C)c1. The van der Waals surface area contributed by atoms with Crippen LogP contribution in [0.15, 0.2) is 30.3 Å². The maximum Gasteiger partial charge on any atom is 0.307 e. The summed E-state index contributed by atoms with van der Waals surface area (Å²) in [6.07, 6.45) is 0.0749. The Kier molecular flexibility index (Phi) is 3.24. The molecule has 1 heterocycles. The first-order valence-electron chi connectivity index (χ1n) is 5.95. The molecule has 2 aromatic rings. The average Bonchev–Trinajstić information content (AvgIpc) is 2.53. The summed E-state index contributed by atoms with van der Waals surface area (Å²) in [5, 5.41) is 8.90. The first kappa shape index (κ1) is 12.4. The van der Waals surface area contributed by atoms with Crippen LogP contribution in [0.25, 0.3) is 5.69 Å². The average molecular weight is 243 g/mol. The monoisotopic (exact) mass is 243 g/mol. The third kappa shape index (κ3) is 2.30. The van der Waals surface area contributed by atoms with Gasteiger partial charge in [0.2, 0.25) is 0 Å². The fourth-order valence-corrected chi connectivity index (χ4v) is 2.34. The maximum atomic E-state index is 10.8. The molecular weight excluding hydrogens is 226 g/mol. The van der Waals surface area contributed by atoms with Gasteiger partial charge in [0.25, 0.3) is 0 Å². The summed E-state index contributed by atoms with van der Waals surface area (Å²) < 4.78 is 2.10. The smallest absolute Gasteiger partial charge is 0.307 e. The van der Waals surface area contributed by atoms with Crippen molar-refractivity contribution in [3.05, 3.63) is 52.8 Å². The van der Waals surface area contributed by atoms with Gasteiger partial charge >= 0.3 is 5.97 Å². The summed E-state index contributed by atoms with van der Waals surface area (Å²) in [5.74, 6) is -0.792. The van der Waals surface area contributed by atoms with Gasteiger partial charge in [-0.15, -0.1) is 0 Å². The quantitative estimate of drug-likeness (QED) is 0.900. The van der Waals surface area contributed by atoms with E-state index in [1.54, 1.807) is 0 Å². The van der Waals surface area contributed by atoms with Gasteiger partial charge < -0.3 is 9.67 Å². The number of rotatable bonds is 3. The van der Waals surface area contributed by atoms with Crippen molar-refractivity contribution in [1.82, 2.24) is 4.57 Å². The molecule has 0 aliphatic carbocycles. The lowest BCUT2D eigenvalue weighted by Gasteiger charge is -2.10. The van der Waals surface area contributed by atoms with Crippen LogP contribution in [0.5, 0.6) is 0 Å². The molecule has 0 fully saturated rings. The first-order valence-corrected chi connectivity index (χ1v) is 5.95. The molecule has 3 nitrogen and oxygen atoms in total. The Balaban J connectivity index is 2.51. The Morgan fingerprint density at radius 1 is 1.22 bits per heavy atom. The number of carboxylic acid groups (broad SMARTS) is 1. The number of hydrogen-bond acceptors (Lipinski definition) is 1. The molecule has 1 N–H and O–H groups in total. The van der Waals surface area contributed by atoms with Gasteiger partial charge in [-0.1, -0.05) is 12.1 Å². The summed E-state index contributed by atoms with van der Waals surface area (Å²) in [6, 6.07) is 10.2. The predicted octanol–water partition coefficient (Wildman–Crippen LogP) is 3.03. The van der Waals surface area contributed by atoms with E-state index in [-0.39, 0.29) is 6.42 Å². The van der Waals surface area contributed by atoms with E-state index in [0.717, 1.165) is 22.6 Å². The lowest BCUT2D eigenvalue weighted by Crippen LogP contribution is -2.03. The summed E-state index contributed by atoms with van der Waals surface area (Å²) in [5.41, 5.74) is 5.22. The van der Waals surface area contributed by atoms with Gasteiger partial charge in [0, 0.05) is 17.1 Å². The number of nitrogens with zero attached hydrogens (tertiary/aromatic N) is 1. The molecule has 0 bridgehead atoms. The zero-order valence-electron chi connectivity index (χ0n) is 10.9. The van der Waals surface area contributed by atoms with E-state index in [0.29, 0.717) is 0 Å². The predicted molar refractivity (Wildman–Crippen MR) is 71.3 cm³/mol. The van der Waals surface area contributed by atoms with Gasteiger partial charge in [0.05, 0.1) is 6.42 Å². The normalized spacial score (nSPS) is 10.6. The second kappa shape index (κ2) is 4.69. The van der Waals surface area contributed by atoms with E-state index in [1.807, 2.05) is 32.0 Å². The third-order valence-electron chi connectivity index (χ3n) is 3.14. The second-order valence-corrected chi connectivity index (χ2v) is 4.64. The minimum Gasteiger partial charge on any atom is -0.481 e. The highest BCUT2D eigenvalue weighted by Crippen LogP contribution is 2.21. The molecule has 0 saturated heterocycles.